The molecule has 1 atom stereocenters. The minimum atomic E-state index is -4.63. The van der Waals surface area contributed by atoms with Crippen LogP contribution in [0, 0.1) is 11.8 Å². The third-order valence-electron chi connectivity index (χ3n) is 4.55. The first-order valence-corrected chi connectivity index (χ1v) is 8.68. The fourth-order valence-electron chi connectivity index (χ4n) is 3.19. The Morgan fingerprint density at radius 3 is 2.59 bits per heavy atom. The van der Waals surface area contributed by atoms with Crippen molar-refractivity contribution in [2.75, 3.05) is 12.0 Å². The van der Waals surface area contributed by atoms with Gasteiger partial charge < -0.3 is 0 Å². The number of anilines is 1. The summed E-state index contributed by atoms with van der Waals surface area (Å²) < 4.78 is 38.1. The fourth-order valence-corrected chi connectivity index (χ4v) is 3.19. The Morgan fingerprint density at radius 1 is 1.33 bits per heavy atom. The number of hydrogen-bond acceptors (Lipinski definition) is 6. The summed E-state index contributed by atoms with van der Waals surface area (Å²) in [6.45, 7) is -0.203. The van der Waals surface area contributed by atoms with Crippen molar-refractivity contribution in [1.82, 2.24) is 20.5 Å². The predicted molar refractivity (Wildman–Crippen MR) is 88.0 cm³/mol. The normalized spacial score (nSPS) is 16.9. The molecule has 27 heavy (non-hydrogen) atoms. The molecule has 0 saturated heterocycles. The van der Waals surface area contributed by atoms with Crippen LogP contribution in [0.25, 0.3) is 0 Å². The third-order valence-corrected chi connectivity index (χ3v) is 4.55. The number of halogens is 3. The maximum absolute atomic E-state index is 12.7. The summed E-state index contributed by atoms with van der Waals surface area (Å²) in [7, 11) is 0. The Morgan fingerprint density at radius 2 is 2.00 bits per heavy atom. The predicted octanol–water partition coefficient (Wildman–Crippen LogP) is 2.37. The molecule has 1 aliphatic rings. The summed E-state index contributed by atoms with van der Waals surface area (Å²) >= 11 is 0. The third kappa shape index (κ3) is 6.35. The summed E-state index contributed by atoms with van der Waals surface area (Å²) in [5.41, 5.74) is 3.42. The van der Waals surface area contributed by atoms with Crippen LogP contribution in [0.1, 0.15) is 44.2 Å². The summed E-state index contributed by atoms with van der Waals surface area (Å²) in [5, 5.41) is 9.90. The van der Waals surface area contributed by atoms with Crippen LogP contribution in [0.4, 0.5) is 19.1 Å². The molecule has 8 nitrogen and oxygen atoms in total. The van der Waals surface area contributed by atoms with E-state index >= 15 is 0 Å². The molecular weight excluding hydrogens is 367 g/mol. The van der Waals surface area contributed by atoms with Gasteiger partial charge in [-0.2, -0.15) is 13.2 Å². The van der Waals surface area contributed by atoms with Crippen LogP contribution in [0.3, 0.4) is 0 Å². The van der Waals surface area contributed by atoms with Crippen molar-refractivity contribution in [3.05, 3.63) is 18.0 Å². The van der Waals surface area contributed by atoms with Crippen molar-refractivity contribution in [3.63, 3.8) is 0 Å². The van der Waals surface area contributed by atoms with E-state index in [0.717, 1.165) is 50.8 Å². The lowest BCUT2D eigenvalue weighted by atomic mass is 9.85. The molecule has 0 bridgehead atoms. The SMILES string of the molecule is O=CN(O)C[C@@H](C(=O)NNc1nccc(C(F)(F)F)n1)C1CCCCCC1. The van der Waals surface area contributed by atoms with E-state index in [1.807, 2.05) is 0 Å². The van der Waals surface area contributed by atoms with Gasteiger partial charge in [0.05, 0.1) is 12.5 Å². The first-order valence-electron chi connectivity index (χ1n) is 8.68. The first-order chi connectivity index (χ1) is 12.8. The number of nitrogens with zero attached hydrogens (tertiary/aromatic N) is 3. The van der Waals surface area contributed by atoms with E-state index in [-0.39, 0.29) is 18.9 Å². The Hall–Kier alpha value is -2.43. The van der Waals surface area contributed by atoms with Gasteiger partial charge in [0.1, 0.15) is 5.69 Å². The van der Waals surface area contributed by atoms with Gasteiger partial charge in [-0.3, -0.25) is 25.6 Å². The van der Waals surface area contributed by atoms with E-state index in [1.165, 1.54) is 0 Å². The molecule has 1 heterocycles. The van der Waals surface area contributed by atoms with Crippen LogP contribution in [-0.4, -0.2) is 39.1 Å². The lowest BCUT2D eigenvalue weighted by Crippen LogP contribution is -2.43. The molecule has 3 N–H and O–H groups in total. The van der Waals surface area contributed by atoms with Crippen molar-refractivity contribution in [2.45, 2.75) is 44.7 Å². The van der Waals surface area contributed by atoms with Crippen molar-refractivity contribution < 1.29 is 28.0 Å². The highest BCUT2D eigenvalue weighted by Gasteiger charge is 2.33. The minimum Gasteiger partial charge on any atom is -0.286 e. The number of carbonyl (C=O) groups excluding carboxylic acids is 2. The van der Waals surface area contributed by atoms with Gasteiger partial charge >= 0.3 is 6.18 Å². The van der Waals surface area contributed by atoms with Crippen molar-refractivity contribution in [3.8, 4) is 0 Å². The van der Waals surface area contributed by atoms with Gasteiger partial charge in [0.15, 0.2) is 0 Å². The van der Waals surface area contributed by atoms with Gasteiger partial charge in [0.25, 0.3) is 0 Å². The van der Waals surface area contributed by atoms with Crippen molar-refractivity contribution in [1.29, 1.82) is 0 Å². The van der Waals surface area contributed by atoms with Crippen LogP contribution in [0.5, 0.6) is 0 Å². The minimum absolute atomic E-state index is 0.0497. The second-order valence-electron chi connectivity index (χ2n) is 6.46. The van der Waals surface area contributed by atoms with Crippen LogP contribution < -0.4 is 10.9 Å². The van der Waals surface area contributed by atoms with Gasteiger partial charge in [-0.05, 0) is 24.8 Å². The zero-order valence-electron chi connectivity index (χ0n) is 14.6. The lowest BCUT2D eigenvalue weighted by molar-refractivity contribution is -0.156. The van der Waals surface area contributed by atoms with Crippen molar-refractivity contribution in [2.24, 2.45) is 11.8 Å². The number of nitrogens with one attached hydrogen (secondary N) is 2. The highest BCUT2D eigenvalue weighted by molar-refractivity contribution is 5.80. The van der Waals surface area contributed by atoms with E-state index in [2.05, 4.69) is 20.8 Å². The summed E-state index contributed by atoms with van der Waals surface area (Å²) in [6, 6.07) is 0.717. The molecule has 0 aliphatic heterocycles. The van der Waals surface area contributed by atoms with Gasteiger partial charge in [0.2, 0.25) is 18.3 Å². The number of hydroxylamine groups is 2. The van der Waals surface area contributed by atoms with Gasteiger partial charge in [-0.1, -0.05) is 25.7 Å². The number of amides is 2. The van der Waals surface area contributed by atoms with Crippen LogP contribution in [0.2, 0.25) is 0 Å². The van der Waals surface area contributed by atoms with E-state index in [9.17, 15) is 28.0 Å². The Bertz CT molecular complexity index is 636. The Balaban J connectivity index is 2.05. The molecule has 0 unspecified atom stereocenters. The molecule has 1 aromatic rings. The summed E-state index contributed by atoms with van der Waals surface area (Å²) in [6.07, 6.45) is 2.02. The quantitative estimate of drug-likeness (QED) is 0.286. The number of alkyl halides is 3. The van der Waals surface area contributed by atoms with Crippen molar-refractivity contribution >= 4 is 18.3 Å². The molecule has 1 fully saturated rings. The van der Waals surface area contributed by atoms with Gasteiger partial charge in [-0.15, -0.1) is 0 Å². The number of rotatable bonds is 7. The summed E-state index contributed by atoms with van der Waals surface area (Å²) in [4.78, 5) is 30.2. The van der Waals surface area contributed by atoms with Gasteiger partial charge in [0, 0.05) is 6.20 Å². The number of carbonyl (C=O) groups is 2. The molecular formula is C16H22F3N5O3. The standard InChI is InChI=1S/C16H22F3N5O3/c17-16(18,19)13-7-8-20-15(21-13)23-22-14(26)12(9-24(27)10-25)11-5-3-1-2-4-6-11/h7-8,10-12,27H,1-6,9H2,(H,22,26)(H,20,21,23)/t12-/m1/s1. The average molecular weight is 389 g/mol. The van der Waals surface area contributed by atoms with E-state index in [4.69, 9.17) is 0 Å². The van der Waals surface area contributed by atoms with E-state index < -0.39 is 29.6 Å². The molecule has 0 radical (unpaired) electrons. The first kappa shape index (κ1) is 20.9. The molecule has 0 spiro atoms. The molecule has 150 valence electrons. The molecule has 1 aliphatic carbocycles. The van der Waals surface area contributed by atoms with Crippen LogP contribution in [0.15, 0.2) is 12.3 Å². The monoisotopic (exact) mass is 389 g/mol. The highest BCUT2D eigenvalue weighted by atomic mass is 19.4. The molecule has 11 heteroatoms. The maximum atomic E-state index is 12.7. The lowest BCUT2D eigenvalue weighted by Gasteiger charge is -2.27. The maximum Gasteiger partial charge on any atom is 0.433 e. The Labute approximate surface area is 154 Å². The molecule has 0 aromatic carbocycles. The second kappa shape index (κ2) is 9.49. The number of hydrogen-bond donors (Lipinski definition) is 3. The fraction of sp³-hybridized carbons (Fsp3) is 0.625. The molecule has 2 amide bonds. The van der Waals surface area contributed by atoms with Gasteiger partial charge in [-0.25, -0.2) is 15.0 Å². The smallest absolute Gasteiger partial charge is 0.286 e. The average Bonchev–Trinajstić information content (AvgIpc) is 2.92. The number of hydrazine groups is 1. The molecule has 2 rings (SSSR count). The van der Waals surface area contributed by atoms with Crippen LogP contribution in [-0.2, 0) is 15.8 Å². The highest BCUT2D eigenvalue weighted by Crippen LogP contribution is 2.30. The van der Waals surface area contributed by atoms with Crippen LogP contribution >= 0.6 is 0 Å². The zero-order valence-corrected chi connectivity index (χ0v) is 14.6. The molecule has 1 saturated carbocycles. The van der Waals surface area contributed by atoms with E-state index in [0.29, 0.717) is 5.06 Å². The largest absolute Gasteiger partial charge is 0.433 e. The Kier molecular flexibility index (Phi) is 7.34. The second-order valence-corrected chi connectivity index (χ2v) is 6.46. The topological polar surface area (TPSA) is 107 Å². The number of aromatic nitrogens is 2. The molecule has 1 aromatic heterocycles. The summed E-state index contributed by atoms with van der Waals surface area (Å²) in [5.74, 6) is -1.72. The zero-order chi connectivity index (χ0) is 19.9. The van der Waals surface area contributed by atoms with E-state index in [1.54, 1.807) is 0 Å².